The Labute approximate surface area is 335 Å². The number of fused-ring (bicyclic) bond motifs is 8. The maximum atomic E-state index is 14.4. The number of allylic oxidation sites excluding steroid dienone is 2. The molecule has 56 heavy (non-hydrogen) atoms. The van der Waals surface area contributed by atoms with Crippen LogP contribution in [-0.2, 0) is 17.8 Å². The molecule has 5 atom stereocenters. The van der Waals surface area contributed by atoms with Crippen LogP contribution in [0.3, 0.4) is 0 Å². The molecule has 0 aliphatic heterocycles. The maximum Gasteiger partial charge on any atom is 0.193 e. The highest BCUT2D eigenvalue weighted by atomic mass is 16.5. The van der Waals surface area contributed by atoms with Gasteiger partial charge >= 0.3 is 0 Å². The van der Waals surface area contributed by atoms with Gasteiger partial charge in [-0.3, -0.25) is 9.69 Å². The summed E-state index contributed by atoms with van der Waals surface area (Å²) in [6.45, 7) is 7.03. The van der Waals surface area contributed by atoms with E-state index >= 15 is 0 Å². The van der Waals surface area contributed by atoms with Gasteiger partial charge in [0.05, 0.1) is 31.0 Å². The molecule has 3 aromatic rings. The highest BCUT2D eigenvalue weighted by Crippen LogP contribution is 2.62. The largest absolute Gasteiger partial charge is 0.393 e. The van der Waals surface area contributed by atoms with E-state index < -0.39 is 23.2 Å². The van der Waals surface area contributed by atoms with Gasteiger partial charge in [0.1, 0.15) is 0 Å². The lowest BCUT2D eigenvalue weighted by atomic mass is 9.49. The zero-order valence-electron chi connectivity index (χ0n) is 33.9. The summed E-state index contributed by atoms with van der Waals surface area (Å²) in [6.07, 6.45) is 14.1. The number of carbonyl (C=O) groups is 1. The van der Waals surface area contributed by atoms with E-state index in [1.165, 1.54) is 44.1 Å². The number of carbonyl (C=O) groups excluding carboxylic acids is 1. The molecule has 5 fully saturated rings. The molecular weight excluding hydrogens is 695 g/mol. The smallest absolute Gasteiger partial charge is 0.193 e. The highest BCUT2D eigenvalue weighted by molar-refractivity contribution is 6.10. The van der Waals surface area contributed by atoms with Crippen LogP contribution in [0, 0.1) is 28.6 Å². The summed E-state index contributed by atoms with van der Waals surface area (Å²) in [5.74, 6) is 2.42. The lowest BCUT2D eigenvalue weighted by Crippen LogP contribution is -2.57. The van der Waals surface area contributed by atoms with Gasteiger partial charge < -0.3 is 20.1 Å². The van der Waals surface area contributed by atoms with E-state index in [0.717, 1.165) is 66.7 Å². The van der Waals surface area contributed by atoms with Crippen molar-refractivity contribution in [2.45, 2.75) is 128 Å². The Morgan fingerprint density at radius 1 is 0.893 bits per heavy atom. The van der Waals surface area contributed by atoms with Crippen molar-refractivity contribution in [2.75, 3.05) is 26.2 Å². The molecule has 300 valence electrons. The average molecular weight is 760 g/mol. The van der Waals surface area contributed by atoms with Crippen molar-refractivity contribution < 1.29 is 24.9 Å². The van der Waals surface area contributed by atoms with Gasteiger partial charge in [0, 0.05) is 36.2 Å². The van der Waals surface area contributed by atoms with Gasteiger partial charge in [-0.25, -0.2) is 0 Å². The Morgan fingerprint density at radius 3 is 2.27 bits per heavy atom. The van der Waals surface area contributed by atoms with Crippen molar-refractivity contribution in [1.29, 1.82) is 0 Å². The fourth-order valence-electron chi connectivity index (χ4n) is 12.7. The van der Waals surface area contributed by atoms with Crippen LogP contribution in [-0.4, -0.2) is 70.1 Å². The zero-order chi connectivity index (χ0) is 38.9. The first-order chi connectivity index (χ1) is 27.0. The molecule has 0 saturated heterocycles. The topological polar surface area (TPSA) is 90.2 Å². The summed E-state index contributed by atoms with van der Waals surface area (Å²) >= 11 is 0. The quantitative estimate of drug-likeness (QED) is 0.126. The average Bonchev–Trinajstić information content (AvgIpc) is 3.42. The van der Waals surface area contributed by atoms with Crippen molar-refractivity contribution in [3.8, 4) is 0 Å². The maximum absolute atomic E-state index is 14.4. The lowest BCUT2D eigenvalue weighted by molar-refractivity contribution is -0.115. The minimum Gasteiger partial charge on any atom is -0.393 e. The number of hydrogen-bond acceptors (Lipinski definition) is 6. The molecule has 3 N–H and O–H groups in total. The summed E-state index contributed by atoms with van der Waals surface area (Å²) in [5.41, 5.74) is 4.38. The molecule has 6 heteroatoms. The van der Waals surface area contributed by atoms with Crippen molar-refractivity contribution in [1.82, 2.24) is 4.90 Å². The van der Waals surface area contributed by atoms with E-state index in [-0.39, 0.29) is 23.7 Å². The third-order valence-corrected chi connectivity index (χ3v) is 15.1. The van der Waals surface area contributed by atoms with Crippen molar-refractivity contribution in [3.05, 3.63) is 118 Å². The Balaban J connectivity index is 1.12. The number of hydrogen-bond donors (Lipinski definition) is 3. The van der Waals surface area contributed by atoms with E-state index in [1.54, 1.807) is 0 Å². The van der Waals surface area contributed by atoms with E-state index in [9.17, 15) is 20.1 Å². The minimum atomic E-state index is -1.04. The number of ketones is 1. The van der Waals surface area contributed by atoms with Crippen LogP contribution in [0.15, 0.2) is 90.5 Å². The number of aliphatic hydroxyl groups is 3. The number of benzene rings is 3. The monoisotopic (exact) mass is 759 g/mol. The van der Waals surface area contributed by atoms with Gasteiger partial charge in [0.2, 0.25) is 0 Å². The molecule has 0 amide bonds. The van der Waals surface area contributed by atoms with Gasteiger partial charge in [0.25, 0.3) is 0 Å². The number of nitrogens with zero attached hydrogens (tertiary/aromatic N) is 1. The van der Waals surface area contributed by atoms with E-state index in [1.807, 2.05) is 54.6 Å². The Morgan fingerprint density at radius 2 is 1.57 bits per heavy atom. The predicted molar refractivity (Wildman–Crippen MR) is 222 cm³/mol. The normalized spacial score (nSPS) is 33.2. The fraction of sp³-hybridized carbons (Fsp3) is 0.580. The molecule has 0 radical (unpaired) electrons. The number of ether oxygens (including phenoxy) is 1. The molecule has 0 heterocycles. The van der Waals surface area contributed by atoms with Crippen LogP contribution >= 0.6 is 0 Å². The fourth-order valence-corrected chi connectivity index (χ4v) is 12.7. The van der Waals surface area contributed by atoms with Crippen LogP contribution in [0.4, 0.5) is 0 Å². The summed E-state index contributed by atoms with van der Waals surface area (Å²) < 4.78 is 6.08. The van der Waals surface area contributed by atoms with Crippen LogP contribution < -0.4 is 0 Å². The summed E-state index contributed by atoms with van der Waals surface area (Å²) in [6, 6.07) is 26.0. The van der Waals surface area contributed by atoms with Crippen molar-refractivity contribution in [3.63, 3.8) is 0 Å². The van der Waals surface area contributed by atoms with Gasteiger partial charge in [-0.05, 0) is 142 Å². The lowest BCUT2D eigenvalue weighted by Gasteiger charge is -2.58. The van der Waals surface area contributed by atoms with Crippen LogP contribution in [0.5, 0.6) is 0 Å². The van der Waals surface area contributed by atoms with Gasteiger partial charge in [-0.2, -0.15) is 0 Å². The summed E-state index contributed by atoms with van der Waals surface area (Å²) in [5, 5.41) is 36.0. The highest BCUT2D eigenvalue weighted by Gasteiger charge is 2.58. The Kier molecular flexibility index (Phi) is 11.8. The van der Waals surface area contributed by atoms with E-state index in [4.69, 9.17) is 4.74 Å². The summed E-state index contributed by atoms with van der Waals surface area (Å²) in [7, 11) is 0. The third-order valence-electron chi connectivity index (χ3n) is 15.1. The Hall–Kier alpha value is -3.13. The van der Waals surface area contributed by atoms with Crippen molar-refractivity contribution in [2.24, 2.45) is 28.6 Å². The molecule has 6 bridgehead atoms. The van der Waals surface area contributed by atoms with E-state index in [0.29, 0.717) is 50.1 Å². The molecule has 0 aromatic heterocycles. The van der Waals surface area contributed by atoms with Gasteiger partial charge in [0.15, 0.2) is 5.78 Å². The molecule has 6 nitrogen and oxygen atoms in total. The van der Waals surface area contributed by atoms with Crippen LogP contribution in [0.2, 0.25) is 0 Å². The second kappa shape index (κ2) is 16.6. The standard InChI is InChI=1S/C50H65NO5/c1-35-10-9-20-48(2)46(44-18-16-37(25-42(52)17-15-35)26-45(44)47(54)41-13-7-4-8-14-41)19-21-50(48,55)34-51(30-43(53)32-56-31-36-11-5-3-6-12-36)33-49-27-38-22-39(28-49)24-40(23-38)29-49/h3-8,10-14,16,18,26,38-40,42-43,46,52-53,55H,9,15,17,19-25,27-34H2,1-2H3. The SMILES string of the molecule is CC1=CCCC2(C)C(CCC2(O)CN(CC(O)COCc2ccccc2)CC23CC4CC(CC(C4)C2)C3)c2ccc(cc2C(=O)c2ccccc2)CC(O)CC1. The minimum absolute atomic E-state index is 0.000341. The van der Waals surface area contributed by atoms with Gasteiger partial charge in [-0.1, -0.05) is 91.4 Å². The van der Waals surface area contributed by atoms with E-state index in [2.05, 4.69) is 49.1 Å². The first-order valence-electron chi connectivity index (χ1n) is 21.8. The molecule has 7 aliphatic carbocycles. The number of aliphatic hydroxyl groups excluding tert-OH is 2. The molecule has 5 saturated carbocycles. The second-order valence-corrected chi connectivity index (χ2v) is 19.4. The van der Waals surface area contributed by atoms with Crippen LogP contribution in [0.1, 0.15) is 129 Å². The second-order valence-electron chi connectivity index (χ2n) is 19.4. The Bertz CT molecular complexity index is 1800. The van der Waals surface area contributed by atoms with Crippen LogP contribution in [0.25, 0.3) is 0 Å². The molecule has 0 spiro atoms. The van der Waals surface area contributed by atoms with Gasteiger partial charge in [-0.15, -0.1) is 0 Å². The molecule has 7 aliphatic rings. The van der Waals surface area contributed by atoms with Crippen molar-refractivity contribution >= 4 is 5.78 Å². The molecule has 10 rings (SSSR count). The first kappa shape index (κ1) is 39.7. The zero-order valence-corrected chi connectivity index (χ0v) is 33.9. The molecule has 5 unspecified atom stereocenters. The first-order valence-corrected chi connectivity index (χ1v) is 21.8. The number of rotatable bonds is 12. The predicted octanol–water partition coefficient (Wildman–Crippen LogP) is 9.05. The molecule has 3 aromatic carbocycles. The third kappa shape index (κ3) is 8.52. The molecular formula is C50H65NO5. The summed E-state index contributed by atoms with van der Waals surface area (Å²) in [4.78, 5) is 16.9.